The molecule has 3 aromatic carbocycles. The van der Waals surface area contributed by atoms with E-state index in [1.165, 1.54) is 27.2 Å². The Morgan fingerprint density at radius 3 is 2.29 bits per heavy atom. The van der Waals surface area contributed by atoms with E-state index in [4.69, 9.17) is 0 Å². The van der Waals surface area contributed by atoms with Crippen molar-refractivity contribution in [1.82, 2.24) is 9.21 Å². The van der Waals surface area contributed by atoms with E-state index in [-0.39, 0.29) is 5.91 Å². The lowest BCUT2D eigenvalue weighted by Crippen LogP contribution is -2.50. The molecule has 0 bridgehead atoms. The number of fused-ring (bicyclic) bond motifs is 1. The van der Waals surface area contributed by atoms with Crippen LogP contribution < -0.4 is 0 Å². The van der Waals surface area contributed by atoms with Gasteiger partial charge in [-0.1, -0.05) is 36.4 Å². The number of amides is 1. The van der Waals surface area contributed by atoms with Gasteiger partial charge in [0.1, 0.15) is 0 Å². The zero-order chi connectivity index (χ0) is 22.0. The number of nitrogens with zero attached hydrogens (tertiary/aromatic N) is 2. The second-order valence-electron chi connectivity index (χ2n) is 7.83. The summed E-state index contributed by atoms with van der Waals surface area (Å²) < 4.78 is 27.7. The fourth-order valence-electron chi connectivity index (χ4n) is 3.69. The van der Waals surface area contributed by atoms with Gasteiger partial charge in [-0.3, -0.25) is 4.79 Å². The van der Waals surface area contributed by atoms with Gasteiger partial charge in [-0.2, -0.15) is 4.31 Å². The molecular formula is C24H26N2O3S2. The first-order valence-corrected chi connectivity index (χ1v) is 12.7. The highest BCUT2D eigenvalue weighted by molar-refractivity contribution is 8.00. The maximum atomic E-state index is 13.1. The standard InChI is InChI=1S/C24H26N2O3S2/c1-18-7-9-22(15-19(18)2)30-17-24(27)25-11-13-26(14-12-25)31(28,29)23-10-8-20-5-3-4-6-21(20)16-23/h3-10,15-16H,11-14,17H2,1-2H3. The average molecular weight is 455 g/mol. The van der Waals surface area contributed by atoms with Gasteiger partial charge in [0, 0.05) is 31.1 Å². The van der Waals surface area contributed by atoms with Gasteiger partial charge in [-0.25, -0.2) is 8.42 Å². The topological polar surface area (TPSA) is 57.7 Å². The predicted octanol–water partition coefficient (Wildman–Crippen LogP) is 4.08. The van der Waals surface area contributed by atoms with Gasteiger partial charge in [0.2, 0.25) is 15.9 Å². The second kappa shape index (κ2) is 9.02. The quantitative estimate of drug-likeness (QED) is 0.545. The van der Waals surface area contributed by atoms with E-state index in [0.29, 0.717) is 36.8 Å². The highest BCUT2D eigenvalue weighted by Gasteiger charge is 2.30. The number of sulfonamides is 1. The Morgan fingerprint density at radius 1 is 0.871 bits per heavy atom. The van der Waals surface area contributed by atoms with Crippen molar-refractivity contribution in [3.63, 3.8) is 0 Å². The zero-order valence-electron chi connectivity index (χ0n) is 17.7. The molecule has 0 aromatic heterocycles. The Labute approximate surface area is 188 Å². The third-order valence-corrected chi connectivity index (χ3v) is 8.66. The van der Waals surface area contributed by atoms with Crippen LogP contribution in [0.15, 0.2) is 70.5 Å². The summed E-state index contributed by atoms with van der Waals surface area (Å²) in [5.41, 5.74) is 2.45. The summed E-state index contributed by atoms with van der Waals surface area (Å²) in [5, 5.41) is 1.92. The molecule has 1 aliphatic rings. The molecule has 0 atom stereocenters. The van der Waals surface area contributed by atoms with Gasteiger partial charge in [0.05, 0.1) is 10.6 Å². The largest absolute Gasteiger partial charge is 0.339 e. The summed E-state index contributed by atoms with van der Waals surface area (Å²) in [4.78, 5) is 15.8. The lowest BCUT2D eigenvalue weighted by Gasteiger charge is -2.34. The highest BCUT2D eigenvalue weighted by Crippen LogP contribution is 2.24. The van der Waals surface area contributed by atoms with Gasteiger partial charge in [-0.15, -0.1) is 11.8 Å². The molecule has 3 aromatic rings. The minimum atomic E-state index is -3.58. The van der Waals surface area contributed by atoms with Gasteiger partial charge < -0.3 is 4.90 Å². The van der Waals surface area contributed by atoms with Crippen molar-refractivity contribution in [2.24, 2.45) is 0 Å². The van der Waals surface area contributed by atoms with Gasteiger partial charge in [0.25, 0.3) is 0 Å². The molecule has 1 amide bonds. The summed E-state index contributed by atoms with van der Waals surface area (Å²) in [6.45, 7) is 5.60. The number of rotatable bonds is 5. The van der Waals surface area contributed by atoms with Crippen LogP contribution in [-0.4, -0.2) is 55.5 Å². The normalized spacial score (nSPS) is 15.4. The summed E-state index contributed by atoms with van der Waals surface area (Å²) in [6.07, 6.45) is 0. The number of thioether (sulfide) groups is 1. The Morgan fingerprint density at radius 2 is 1.58 bits per heavy atom. The third kappa shape index (κ3) is 4.79. The van der Waals surface area contributed by atoms with E-state index in [2.05, 4.69) is 26.0 Å². The molecule has 0 N–H and O–H groups in total. The van der Waals surface area contributed by atoms with Crippen LogP contribution in [0, 0.1) is 13.8 Å². The SMILES string of the molecule is Cc1ccc(SCC(=O)N2CCN(S(=O)(=O)c3ccc4ccccc4c3)CC2)cc1C. The summed E-state index contributed by atoms with van der Waals surface area (Å²) >= 11 is 1.53. The number of hydrogen-bond donors (Lipinski definition) is 0. The molecular weight excluding hydrogens is 428 g/mol. The molecule has 1 saturated heterocycles. The van der Waals surface area contributed by atoms with Crippen LogP contribution in [-0.2, 0) is 14.8 Å². The molecule has 5 nitrogen and oxygen atoms in total. The van der Waals surface area contributed by atoms with E-state index in [0.717, 1.165) is 15.7 Å². The lowest BCUT2D eigenvalue weighted by molar-refractivity contribution is -0.129. The minimum absolute atomic E-state index is 0.0472. The molecule has 7 heteroatoms. The van der Waals surface area contributed by atoms with Crippen LogP contribution in [0.5, 0.6) is 0 Å². The van der Waals surface area contributed by atoms with Crippen molar-refractivity contribution < 1.29 is 13.2 Å². The van der Waals surface area contributed by atoms with Crippen LogP contribution in [0.2, 0.25) is 0 Å². The van der Waals surface area contributed by atoms with Crippen LogP contribution in [0.25, 0.3) is 10.8 Å². The van der Waals surface area contributed by atoms with Crippen molar-refractivity contribution >= 4 is 38.5 Å². The molecule has 0 spiro atoms. The van der Waals surface area contributed by atoms with E-state index < -0.39 is 10.0 Å². The summed E-state index contributed by atoms with van der Waals surface area (Å²) in [7, 11) is -3.58. The molecule has 0 radical (unpaired) electrons. The van der Waals surface area contributed by atoms with Crippen LogP contribution in [0.1, 0.15) is 11.1 Å². The van der Waals surface area contributed by atoms with E-state index in [1.54, 1.807) is 17.0 Å². The molecule has 0 saturated carbocycles. The van der Waals surface area contributed by atoms with Crippen molar-refractivity contribution in [2.75, 3.05) is 31.9 Å². The number of carbonyl (C=O) groups excluding carboxylic acids is 1. The minimum Gasteiger partial charge on any atom is -0.339 e. The Hall–Kier alpha value is -2.35. The molecule has 4 rings (SSSR count). The molecule has 1 aliphatic heterocycles. The summed E-state index contributed by atoms with van der Waals surface area (Å²) in [5.74, 6) is 0.408. The number of aryl methyl sites for hydroxylation is 2. The Bertz CT molecular complexity index is 1220. The molecule has 31 heavy (non-hydrogen) atoms. The first-order valence-electron chi connectivity index (χ1n) is 10.3. The van der Waals surface area contributed by atoms with E-state index in [1.807, 2.05) is 36.4 Å². The number of benzene rings is 3. The maximum Gasteiger partial charge on any atom is 0.243 e. The van der Waals surface area contributed by atoms with Crippen molar-refractivity contribution in [1.29, 1.82) is 0 Å². The molecule has 162 valence electrons. The summed E-state index contributed by atoms with van der Waals surface area (Å²) in [6, 6.07) is 19.1. The van der Waals surface area contributed by atoms with Crippen molar-refractivity contribution in [3.8, 4) is 0 Å². The number of hydrogen-bond acceptors (Lipinski definition) is 4. The number of piperazine rings is 1. The lowest BCUT2D eigenvalue weighted by atomic mass is 10.1. The monoisotopic (exact) mass is 454 g/mol. The third-order valence-electron chi connectivity index (χ3n) is 5.79. The van der Waals surface area contributed by atoms with Crippen LogP contribution in [0.4, 0.5) is 0 Å². The first kappa shape index (κ1) is 21.9. The molecule has 1 fully saturated rings. The fraction of sp³-hybridized carbons (Fsp3) is 0.292. The van der Waals surface area contributed by atoms with Crippen molar-refractivity contribution in [2.45, 2.75) is 23.6 Å². The Balaban J connectivity index is 1.36. The highest BCUT2D eigenvalue weighted by atomic mass is 32.2. The van der Waals surface area contributed by atoms with E-state index in [9.17, 15) is 13.2 Å². The van der Waals surface area contributed by atoms with Gasteiger partial charge in [-0.05, 0) is 60.0 Å². The zero-order valence-corrected chi connectivity index (χ0v) is 19.4. The first-order chi connectivity index (χ1) is 14.8. The number of carbonyl (C=O) groups is 1. The molecule has 1 heterocycles. The average Bonchev–Trinajstić information content (AvgIpc) is 2.79. The van der Waals surface area contributed by atoms with Gasteiger partial charge in [0.15, 0.2) is 0 Å². The van der Waals surface area contributed by atoms with Crippen LogP contribution >= 0.6 is 11.8 Å². The van der Waals surface area contributed by atoms with E-state index >= 15 is 0 Å². The molecule has 0 aliphatic carbocycles. The molecule has 0 unspecified atom stereocenters. The second-order valence-corrected chi connectivity index (χ2v) is 10.8. The smallest absolute Gasteiger partial charge is 0.243 e. The maximum absolute atomic E-state index is 13.1. The predicted molar refractivity (Wildman–Crippen MR) is 126 cm³/mol. The Kier molecular flexibility index (Phi) is 6.36. The van der Waals surface area contributed by atoms with Crippen molar-refractivity contribution in [3.05, 3.63) is 71.8 Å². The van der Waals surface area contributed by atoms with Crippen LogP contribution in [0.3, 0.4) is 0 Å². The fourth-order valence-corrected chi connectivity index (χ4v) is 6.05. The van der Waals surface area contributed by atoms with Gasteiger partial charge >= 0.3 is 0 Å².